The van der Waals surface area contributed by atoms with Crippen LogP contribution in [-0.2, 0) is 20.9 Å². The van der Waals surface area contributed by atoms with Crippen molar-refractivity contribution in [1.29, 1.82) is 0 Å². The summed E-state index contributed by atoms with van der Waals surface area (Å²) in [6.07, 6.45) is 0. The summed E-state index contributed by atoms with van der Waals surface area (Å²) in [5, 5.41) is 0. The molecule has 0 spiro atoms. The molecule has 0 N–H and O–H groups in total. The average Bonchev–Trinajstić information content (AvgIpc) is 2.35. The Labute approximate surface area is 107 Å². The van der Waals surface area contributed by atoms with Gasteiger partial charge >= 0.3 is 11.9 Å². The molecule has 1 amide bonds. The minimum atomic E-state index is -0.813. The maximum atomic E-state index is 11.8. The third-order valence-electron chi connectivity index (χ3n) is 2.42. The van der Waals surface area contributed by atoms with Gasteiger partial charge in [-0.3, -0.25) is 9.78 Å². The first-order valence-corrected chi connectivity index (χ1v) is 5.97. The first kappa shape index (κ1) is 14.2. The van der Waals surface area contributed by atoms with Gasteiger partial charge in [-0.2, -0.15) is 0 Å². The fourth-order valence-electron chi connectivity index (χ4n) is 1.53. The van der Waals surface area contributed by atoms with Gasteiger partial charge in [0.15, 0.2) is 0 Å². The van der Waals surface area contributed by atoms with Crippen molar-refractivity contribution >= 4 is 11.9 Å². The first-order chi connectivity index (χ1) is 8.58. The highest BCUT2D eigenvalue weighted by Crippen LogP contribution is 2.04. The van der Waals surface area contributed by atoms with E-state index >= 15 is 0 Å². The number of pyridine rings is 1. The number of carbonyl (C=O) groups is 2. The van der Waals surface area contributed by atoms with Gasteiger partial charge in [-0.25, -0.2) is 4.79 Å². The maximum absolute atomic E-state index is 11.8. The number of ether oxygens (including phenoxy) is 1. The summed E-state index contributed by atoms with van der Waals surface area (Å²) >= 11 is 0. The molecular formula is C13H18N2O3. The molecule has 0 atom stereocenters. The number of aromatic nitrogens is 1. The van der Waals surface area contributed by atoms with E-state index < -0.39 is 11.9 Å². The second kappa shape index (κ2) is 6.74. The summed E-state index contributed by atoms with van der Waals surface area (Å²) in [5.74, 6) is -1.44. The van der Waals surface area contributed by atoms with Gasteiger partial charge in [0.2, 0.25) is 0 Å². The van der Waals surface area contributed by atoms with E-state index in [-0.39, 0.29) is 6.61 Å². The van der Waals surface area contributed by atoms with Crippen molar-refractivity contribution in [2.75, 3.05) is 13.2 Å². The van der Waals surface area contributed by atoms with Crippen LogP contribution in [0.2, 0.25) is 0 Å². The van der Waals surface area contributed by atoms with Crippen molar-refractivity contribution in [3.8, 4) is 0 Å². The van der Waals surface area contributed by atoms with E-state index in [0.29, 0.717) is 13.1 Å². The van der Waals surface area contributed by atoms with Crippen molar-refractivity contribution in [1.82, 2.24) is 9.88 Å². The molecule has 0 saturated heterocycles. The van der Waals surface area contributed by atoms with Crippen LogP contribution in [0.1, 0.15) is 25.2 Å². The standard InChI is InChI=1S/C13H18N2O3/c1-4-15(12(16)13(17)18-5-2)9-11-8-6-7-10(3)14-11/h6-8H,4-5,9H2,1-3H3. The van der Waals surface area contributed by atoms with Gasteiger partial charge in [0, 0.05) is 12.2 Å². The molecule has 0 bridgehead atoms. The molecule has 1 aromatic rings. The molecule has 0 unspecified atom stereocenters. The lowest BCUT2D eigenvalue weighted by Gasteiger charge is -2.19. The molecule has 18 heavy (non-hydrogen) atoms. The van der Waals surface area contributed by atoms with E-state index in [9.17, 15) is 9.59 Å². The Kier molecular flexibility index (Phi) is 5.30. The molecule has 1 heterocycles. The molecule has 0 aromatic carbocycles. The Balaban J connectivity index is 2.73. The third kappa shape index (κ3) is 3.84. The number of esters is 1. The fourth-order valence-corrected chi connectivity index (χ4v) is 1.53. The lowest BCUT2D eigenvalue weighted by atomic mass is 10.3. The monoisotopic (exact) mass is 250 g/mol. The van der Waals surface area contributed by atoms with E-state index in [2.05, 4.69) is 4.98 Å². The lowest BCUT2D eigenvalue weighted by molar-refractivity contribution is -0.160. The predicted molar refractivity (Wildman–Crippen MR) is 66.7 cm³/mol. The molecule has 5 nitrogen and oxygen atoms in total. The van der Waals surface area contributed by atoms with E-state index in [1.807, 2.05) is 32.0 Å². The van der Waals surface area contributed by atoms with Crippen molar-refractivity contribution in [3.63, 3.8) is 0 Å². The summed E-state index contributed by atoms with van der Waals surface area (Å²) in [7, 11) is 0. The molecule has 0 aliphatic rings. The summed E-state index contributed by atoms with van der Waals surface area (Å²) in [6.45, 7) is 6.32. The van der Waals surface area contributed by atoms with Gasteiger partial charge in [0.25, 0.3) is 0 Å². The number of carbonyl (C=O) groups excluding carboxylic acids is 2. The highest BCUT2D eigenvalue weighted by atomic mass is 16.5. The Hall–Kier alpha value is -1.91. The Morgan fingerprint density at radius 3 is 2.61 bits per heavy atom. The van der Waals surface area contributed by atoms with Crippen molar-refractivity contribution in [3.05, 3.63) is 29.6 Å². The van der Waals surface area contributed by atoms with Crippen LogP contribution in [0, 0.1) is 6.92 Å². The number of hydrogen-bond donors (Lipinski definition) is 0. The Bertz CT molecular complexity index is 432. The van der Waals surface area contributed by atoms with Gasteiger partial charge < -0.3 is 9.64 Å². The zero-order chi connectivity index (χ0) is 13.5. The van der Waals surface area contributed by atoms with E-state index in [4.69, 9.17) is 4.74 Å². The average molecular weight is 250 g/mol. The van der Waals surface area contributed by atoms with Crippen molar-refractivity contribution < 1.29 is 14.3 Å². The smallest absolute Gasteiger partial charge is 0.397 e. The number of hydrogen-bond acceptors (Lipinski definition) is 4. The number of nitrogens with zero attached hydrogens (tertiary/aromatic N) is 2. The second-order valence-corrected chi connectivity index (χ2v) is 3.81. The number of rotatable bonds is 4. The first-order valence-electron chi connectivity index (χ1n) is 5.97. The van der Waals surface area contributed by atoms with E-state index in [1.165, 1.54) is 4.90 Å². The SMILES string of the molecule is CCOC(=O)C(=O)N(CC)Cc1cccc(C)n1. The third-order valence-corrected chi connectivity index (χ3v) is 2.42. The van der Waals surface area contributed by atoms with E-state index in [1.54, 1.807) is 6.92 Å². The molecule has 0 saturated carbocycles. The van der Waals surface area contributed by atoms with Crippen LogP contribution < -0.4 is 0 Å². The highest BCUT2D eigenvalue weighted by Gasteiger charge is 2.22. The minimum Gasteiger partial charge on any atom is -0.459 e. The summed E-state index contributed by atoms with van der Waals surface area (Å²) in [4.78, 5) is 28.9. The second-order valence-electron chi connectivity index (χ2n) is 3.81. The van der Waals surface area contributed by atoms with Crippen LogP contribution in [0.4, 0.5) is 0 Å². The summed E-state index contributed by atoms with van der Waals surface area (Å²) < 4.78 is 4.70. The minimum absolute atomic E-state index is 0.199. The van der Waals surface area contributed by atoms with Gasteiger partial charge in [-0.15, -0.1) is 0 Å². The summed E-state index contributed by atoms with van der Waals surface area (Å²) in [6, 6.07) is 5.58. The van der Waals surface area contributed by atoms with Gasteiger partial charge in [0.1, 0.15) is 0 Å². The molecule has 0 radical (unpaired) electrons. The number of amides is 1. The largest absolute Gasteiger partial charge is 0.459 e. The predicted octanol–water partition coefficient (Wildman–Crippen LogP) is 1.30. The van der Waals surface area contributed by atoms with Gasteiger partial charge in [0.05, 0.1) is 18.8 Å². The zero-order valence-corrected chi connectivity index (χ0v) is 11.0. The molecule has 98 valence electrons. The Morgan fingerprint density at radius 1 is 1.33 bits per heavy atom. The molecule has 1 aromatic heterocycles. The van der Waals surface area contributed by atoms with Crippen molar-refractivity contribution in [2.24, 2.45) is 0 Å². The summed E-state index contributed by atoms with van der Waals surface area (Å²) in [5.41, 5.74) is 1.64. The quantitative estimate of drug-likeness (QED) is 0.597. The van der Waals surface area contributed by atoms with Crippen LogP contribution in [-0.4, -0.2) is 34.9 Å². The topological polar surface area (TPSA) is 59.5 Å². The number of likely N-dealkylation sites (N-methyl/N-ethyl adjacent to an activating group) is 1. The highest BCUT2D eigenvalue weighted by molar-refractivity contribution is 6.32. The molecular weight excluding hydrogens is 232 g/mol. The maximum Gasteiger partial charge on any atom is 0.397 e. The lowest BCUT2D eigenvalue weighted by Crippen LogP contribution is -2.37. The van der Waals surface area contributed by atoms with E-state index in [0.717, 1.165) is 11.4 Å². The molecule has 0 aliphatic heterocycles. The normalized spacial score (nSPS) is 9.94. The van der Waals surface area contributed by atoms with Crippen LogP contribution in [0.25, 0.3) is 0 Å². The van der Waals surface area contributed by atoms with Crippen LogP contribution in [0.3, 0.4) is 0 Å². The molecule has 5 heteroatoms. The molecule has 1 rings (SSSR count). The Morgan fingerprint density at radius 2 is 2.06 bits per heavy atom. The molecule has 0 fully saturated rings. The zero-order valence-electron chi connectivity index (χ0n) is 11.0. The van der Waals surface area contributed by atoms with Gasteiger partial charge in [-0.1, -0.05) is 6.07 Å². The van der Waals surface area contributed by atoms with Crippen molar-refractivity contribution in [2.45, 2.75) is 27.3 Å². The van der Waals surface area contributed by atoms with Crippen LogP contribution in [0.5, 0.6) is 0 Å². The fraction of sp³-hybridized carbons (Fsp3) is 0.462. The molecule has 0 aliphatic carbocycles. The van der Waals surface area contributed by atoms with Crippen LogP contribution >= 0.6 is 0 Å². The van der Waals surface area contributed by atoms with Crippen LogP contribution in [0.15, 0.2) is 18.2 Å². The van der Waals surface area contributed by atoms with Gasteiger partial charge in [-0.05, 0) is 32.9 Å². The number of aryl methyl sites for hydroxylation is 1.